The van der Waals surface area contributed by atoms with Crippen molar-refractivity contribution in [1.82, 2.24) is 41.0 Å². The van der Waals surface area contributed by atoms with E-state index < -0.39 is 103 Å². The van der Waals surface area contributed by atoms with Crippen LogP contribution in [0.2, 0.25) is 0 Å². The number of primary amides is 1. The van der Waals surface area contributed by atoms with Gasteiger partial charge in [0.15, 0.2) is 0 Å². The van der Waals surface area contributed by atoms with E-state index in [1.165, 1.54) is 40.7 Å². The van der Waals surface area contributed by atoms with Crippen LogP contribution in [0.15, 0.2) is 103 Å². The summed E-state index contributed by atoms with van der Waals surface area (Å²) >= 11 is 0. The first-order chi connectivity index (χ1) is 41.8. The number of nitrogens with zero attached hydrogens (tertiary/aromatic N) is 3. The number of ether oxygens (including phenoxy) is 1. The molecular weight excluding hydrogens is 1150 g/mol. The molecule has 25 heteroatoms. The predicted octanol–water partition coefficient (Wildman–Crippen LogP) is 6.42. The number of amides is 9. The lowest BCUT2D eigenvalue weighted by Crippen LogP contribution is -2.62. The molecule has 1 unspecified atom stereocenters. The van der Waals surface area contributed by atoms with Crippen LogP contribution in [0.1, 0.15) is 133 Å². The molecule has 0 spiro atoms. The molecule has 7 N–H and O–H groups in total. The summed E-state index contributed by atoms with van der Waals surface area (Å²) < 4.78 is 60.8. The molecule has 9 rings (SSSR count). The van der Waals surface area contributed by atoms with Crippen molar-refractivity contribution in [1.29, 1.82) is 0 Å². The second kappa shape index (κ2) is 27.7. The molecule has 3 fully saturated rings. The number of hydrogen-bond acceptors (Lipinski definition) is 13. The van der Waals surface area contributed by atoms with Crippen LogP contribution >= 0.6 is 7.60 Å². The highest BCUT2D eigenvalue weighted by Gasteiger charge is 2.55. The number of carbonyl (C=O) groups is 9. The number of aromatic nitrogens is 1. The third kappa shape index (κ3) is 14.2. The molecule has 5 aromatic rings. The van der Waals surface area contributed by atoms with Crippen LogP contribution < -0.4 is 27.0 Å². The maximum atomic E-state index is 15.9. The molecule has 0 bridgehead atoms. The third-order valence-electron chi connectivity index (χ3n) is 15.8. The molecular formula is C62H68F2N9O13P. The Labute approximate surface area is 500 Å². The highest BCUT2D eigenvalue weighted by Crippen LogP contribution is 2.67. The van der Waals surface area contributed by atoms with E-state index in [-0.39, 0.29) is 106 Å². The van der Waals surface area contributed by atoms with Crippen LogP contribution in [0.3, 0.4) is 0 Å². The lowest BCUT2D eigenvalue weighted by Gasteiger charge is -2.38. The molecule has 1 aromatic heterocycles. The second-order valence-corrected chi connectivity index (χ2v) is 23.6. The van der Waals surface area contributed by atoms with Gasteiger partial charge in [-0.05, 0) is 106 Å². The molecule has 0 radical (unpaired) electrons. The molecule has 9 amide bonds. The molecule has 3 saturated heterocycles. The number of H-pyrrole nitrogens is 1. The molecule has 458 valence electrons. The van der Waals surface area contributed by atoms with Crippen molar-refractivity contribution in [3.63, 3.8) is 0 Å². The Morgan fingerprint density at radius 2 is 1.56 bits per heavy atom. The Morgan fingerprint density at radius 3 is 2.24 bits per heavy atom. The summed E-state index contributed by atoms with van der Waals surface area (Å²) in [6, 6.07) is 22.0. The SMILES string of the molecule is CCOP(=O)(OCC)C(F)(F)c1ccc2[nH]c(C(=O)N[C@H]3CN(C(=O)OCCCCC#Cc4cccc5c4CN(C4CCC(=O)NC4=O)C5=O)CC[C@H]4CC[C@@H](C(=O)N[C@@H](CCC(N)=O)C(=O)NC(c5ccccc5)c5ccccc5)N4C3=O)cc2c1. The Bertz CT molecular complexity index is 3510. The van der Waals surface area contributed by atoms with Gasteiger partial charge in [0, 0.05) is 66.0 Å². The molecule has 87 heavy (non-hydrogen) atoms. The zero-order valence-electron chi connectivity index (χ0n) is 48.0. The number of imide groups is 1. The van der Waals surface area contributed by atoms with E-state index in [0.29, 0.717) is 36.0 Å². The van der Waals surface area contributed by atoms with E-state index in [4.69, 9.17) is 19.5 Å². The maximum Gasteiger partial charge on any atom is 0.409 e. The number of carbonyl (C=O) groups excluding carboxylic acids is 9. The number of fused-ring (bicyclic) bond motifs is 3. The Kier molecular flexibility index (Phi) is 20.0. The summed E-state index contributed by atoms with van der Waals surface area (Å²) in [6.45, 7) is 1.88. The van der Waals surface area contributed by atoms with Gasteiger partial charge >= 0.3 is 19.4 Å². The number of benzene rings is 4. The minimum Gasteiger partial charge on any atom is -0.449 e. The number of rotatable bonds is 22. The fraction of sp³-hybridized carbons (Fsp3) is 0.403. The van der Waals surface area contributed by atoms with Crippen molar-refractivity contribution in [2.45, 2.75) is 127 Å². The number of halogens is 2. The van der Waals surface area contributed by atoms with E-state index in [9.17, 15) is 42.9 Å². The van der Waals surface area contributed by atoms with Crippen molar-refractivity contribution in [2.75, 3.05) is 32.9 Å². The van der Waals surface area contributed by atoms with Crippen LogP contribution in [-0.4, -0.2) is 136 Å². The van der Waals surface area contributed by atoms with E-state index in [1.807, 2.05) is 60.7 Å². The molecule has 4 aromatic carbocycles. The topological polar surface area (TPSA) is 298 Å². The van der Waals surface area contributed by atoms with Crippen LogP contribution in [0.5, 0.6) is 0 Å². The number of nitrogens with two attached hydrogens (primary N) is 1. The number of hydrogen-bond donors (Lipinski definition) is 6. The van der Waals surface area contributed by atoms with Gasteiger partial charge in [-0.2, -0.15) is 8.78 Å². The van der Waals surface area contributed by atoms with Crippen molar-refractivity contribution in [3.05, 3.63) is 142 Å². The second-order valence-electron chi connectivity index (χ2n) is 21.5. The van der Waals surface area contributed by atoms with Gasteiger partial charge in [-0.15, -0.1) is 0 Å². The van der Waals surface area contributed by atoms with Gasteiger partial charge in [-0.1, -0.05) is 84.6 Å². The zero-order valence-corrected chi connectivity index (χ0v) is 48.9. The maximum absolute atomic E-state index is 15.9. The van der Waals surface area contributed by atoms with Gasteiger partial charge in [0.25, 0.3) is 11.8 Å². The van der Waals surface area contributed by atoms with E-state index in [2.05, 4.69) is 38.1 Å². The molecule has 5 atom stereocenters. The largest absolute Gasteiger partial charge is 0.449 e. The normalized spacial score (nSPS) is 19.1. The van der Waals surface area contributed by atoms with Crippen LogP contribution in [0.25, 0.3) is 10.9 Å². The van der Waals surface area contributed by atoms with Gasteiger partial charge in [-0.3, -0.25) is 48.2 Å². The fourth-order valence-corrected chi connectivity index (χ4v) is 13.0. The van der Waals surface area contributed by atoms with Crippen molar-refractivity contribution >= 4 is 71.8 Å². The van der Waals surface area contributed by atoms with Crippen molar-refractivity contribution in [2.24, 2.45) is 5.73 Å². The summed E-state index contributed by atoms with van der Waals surface area (Å²) in [7, 11) is -5.00. The van der Waals surface area contributed by atoms with Gasteiger partial charge in [0.05, 0.1) is 32.4 Å². The molecule has 5 heterocycles. The number of piperidine rings is 1. The Hall–Kier alpha value is -8.78. The smallest absolute Gasteiger partial charge is 0.409 e. The first-order valence-corrected chi connectivity index (χ1v) is 30.5. The summed E-state index contributed by atoms with van der Waals surface area (Å²) in [5, 5.41) is 10.9. The molecule has 0 aliphatic carbocycles. The average molecular weight is 1220 g/mol. The van der Waals surface area contributed by atoms with Gasteiger partial charge in [0.2, 0.25) is 35.4 Å². The average Bonchev–Trinajstić information content (AvgIpc) is 1.91. The van der Waals surface area contributed by atoms with Crippen molar-refractivity contribution in [3.8, 4) is 11.8 Å². The predicted molar refractivity (Wildman–Crippen MR) is 312 cm³/mol. The first kappa shape index (κ1) is 62.7. The van der Waals surface area contributed by atoms with Crippen LogP contribution in [-0.2, 0) is 59.3 Å². The van der Waals surface area contributed by atoms with E-state index in [1.54, 1.807) is 18.2 Å². The lowest BCUT2D eigenvalue weighted by molar-refractivity contribution is -0.144. The standard InChI is InChI=1S/C62H68F2N9O13P/c1-3-85-87(83,86-4-2)62(63,64)42-23-25-46-41(34-42)35-48(66-46)56(77)68-49-37-71(61(82)84-33-14-6-5-9-16-38-21-15-22-44-45(38)36-72(59(44)80)50-28-30-53(75)69-57(50)78)32-31-43-24-27-51(73(43)60(49)81)58(79)67-47(26-29-52(65)74)55(76)70-54(39-17-10-7-11-18-39)40-19-12-8-13-20-40/h7-8,10-13,15,17-23,25,34-35,43,47,49-51,54,66H,3-6,14,24,26-33,36-37H2,1-2H3,(H2,65,74)(H,67,79)(H,68,77)(H,70,76)(H,69,75,78)/t43-,47+,49+,50?,51+/m1/s1. The first-order valence-electron chi connectivity index (χ1n) is 29.0. The highest BCUT2D eigenvalue weighted by atomic mass is 31.2. The van der Waals surface area contributed by atoms with Gasteiger partial charge in [0.1, 0.15) is 29.9 Å². The molecule has 4 aliphatic heterocycles. The molecule has 22 nitrogen and oxygen atoms in total. The monoisotopic (exact) mass is 1220 g/mol. The Balaban J connectivity index is 0.902. The third-order valence-corrected chi connectivity index (χ3v) is 17.9. The van der Waals surface area contributed by atoms with Gasteiger partial charge < -0.3 is 55.2 Å². The van der Waals surface area contributed by atoms with Crippen LogP contribution in [0.4, 0.5) is 13.6 Å². The van der Waals surface area contributed by atoms with E-state index in [0.717, 1.165) is 23.3 Å². The molecule has 4 aliphatic rings. The molecule has 0 saturated carbocycles. The lowest BCUT2D eigenvalue weighted by atomic mass is 9.98. The quantitative estimate of drug-likeness (QED) is 0.0189. The number of aromatic amines is 1. The van der Waals surface area contributed by atoms with Gasteiger partial charge in [-0.25, -0.2) is 4.79 Å². The summed E-state index contributed by atoms with van der Waals surface area (Å²) in [5.41, 5.74) is 4.05. The highest BCUT2D eigenvalue weighted by molar-refractivity contribution is 7.54. The minimum absolute atomic E-state index is 0.0189. The summed E-state index contributed by atoms with van der Waals surface area (Å²) in [4.78, 5) is 129. The number of alkyl halides is 2. The number of unbranched alkanes of at least 4 members (excludes halogenated alkanes) is 2. The van der Waals surface area contributed by atoms with E-state index >= 15 is 13.6 Å². The van der Waals surface area contributed by atoms with Crippen molar-refractivity contribution < 1.29 is 70.3 Å². The zero-order chi connectivity index (χ0) is 62.0. The number of nitrogens with one attached hydrogen (secondary N) is 5. The fourth-order valence-electron chi connectivity index (χ4n) is 11.4. The summed E-state index contributed by atoms with van der Waals surface area (Å²) in [6.07, 6.45) is 0.998. The summed E-state index contributed by atoms with van der Waals surface area (Å²) in [5.74, 6) is 1.36. The Morgan fingerprint density at radius 1 is 0.851 bits per heavy atom. The minimum atomic E-state index is -5.00. The van der Waals surface area contributed by atoms with Crippen LogP contribution in [0, 0.1) is 11.8 Å².